The quantitative estimate of drug-likeness (QED) is 0.540. The zero-order valence-electron chi connectivity index (χ0n) is 14.6. The van der Waals surface area contributed by atoms with Crippen molar-refractivity contribution in [3.05, 3.63) is 77.6 Å². The highest BCUT2D eigenvalue weighted by atomic mass is 16.3. The fourth-order valence-corrected chi connectivity index (χ4v) is 3.48. The third-order valence-electron chi connectivity index (χ3n) is 4.75. The van der Waals surface area contributed by atoms with Gasteiger partial charge in [0.1, 0.15) is 12.1 Å². The average molecular weight is 328 g/mol. The van der Waals surface area contributed by atoms with Gasteiger partial charge in [-0.25, -0.2) is 4.98 Å². The van der Waals surface area contributed by atoms with E-state index in [9.17, 15) is 5.11 Å². The van der Waals surface area contributed by atoms with Gasteiger partial charge in [0.25, 0.3) is 0 Å². The largest absolute Gasteiger partial charge is 0.508 e. The molecule has 0 amide bonds. The number of hydrogen-bond donors (Lipinski definition) is 1. The van der Waals surface area contributed by atoms with Crippen molar-refractivity contribution in [3.8, 4) is 22.6 Å². The van der Waals surface area contributed by atoms with Gasteiger partial charge in [0.2, 0.25) is 0 Å². The van der Waals surface area contributed by atoms with Crippen LogP contribution in [0.3, 0.4) is 0 Å². The zero-order valence-corrected chi connectivity index (χ0v) is 14.6. The fraction of sp³-hybridized carbons (Fsp3) is 0.136. The van der Waals surface area contributed by atoms with Crippen molar-refractivity contribution in [1.82, 2.24) is 9.55 Å². The molecule has 3 aromatic carbocycles. The Morgan fingerprint density at radius 1 is 0.880 bits per heavy atom. The second-order valence-electron chi connectivity index (χ2n) is 6.56. The summed E-state index contributed by atoms with van der Waals surface area (Å²) >= 11 is 0. The summed E-state index contributed by atoms with van der Waals surface area (Å²) < 4.78 is 2.04. The normalized spacial score (nSPS) is 11.2. The Labute approximate surface area is 147 Å². The third kappa shape index (κ3) is 2.58. The van der Waals surface area contributed by atoms with E-state index in [-0.39, 0.29) is 5.75 Å². The van der Waals surface area contributed by atoms with Crippen molar-refractivity contribution in [2.45, 2.75) is 20.8 Å². The number of para-hydroxylation sites is 2. The van der Waals surface area contributed by atoms with E-state index in [1.54, 1.807) is 6.07 Å². The Morgan fingerprint density at radius 2 is 1.68 bits per heavy atom. The highest BCUT2D eigenvalue weighted by molar-refractivity contribution is 5.80. The van der Waals surface area contributed by atoms with E-state index in [4.69, 9.17) is 0 Å². The van der Waals surface area contributed by atoms with Crippen molar-refractivity contribution in [2.75, 3.05) is 0 Å². The lowest BCUT2D eigenvalue weighted by Gasteiger charge is -2.16. The van der Waals surface area contributed by atoms with Gasteiger partial charge in [-0.3, -0.25) is 4.57 Å². The first-order valence-electron chi connectivity index (χ1n) is 8.38. The number of benzene rings is 3. The molecule has 0 fully saturated rings. The molecule has 0 aliphatic carbocycles. The van der Waals surface area contributed by atoms with E-state index < -0.39 is 0 Å². The molecule has 0 saturated heterocycles. The molecule has 0 aliphatic rings. The molecule has 4 aromatic rings. The predicted octanol–water partition coefficient (Wildman–Crippen LogP) is 5.32. The maximum Gasteiger partial charge on any atom is 0.118 e. The van der Waals surface area contributed by atoms with Crippen LogP contribution in [0.2, 0.25) is 0 Å². The molecule has 1 heterocycles. The van der Waals surface area contributed by atoms with Gasteiger partial charge in [-0.15, -0.1) is 0 Å². The molecule has 0 saturated carbocycles. The zero-order chi connectivity index (χ0) is 17.6. The Bertz CT molecular complexity index is 1090. The van der Waals surface area contributed by atoms with Crippen LogP contribution in [0.4, 0.5) is 0 Å². The maximum absolute atomic E-state index is 10.4. The van der Waals surface area contributed by atoms with Crippen LogP contribution in [0.5, 0.6) is 5.75 Å². The van der Waals surface area contributed by atoms with Crippen LogP contribution >= 0.6 is 0 Å². The van der Waals surface area contributed by atoms with Gasteiger partial charge in [-0.1, -0.05) is 35.9 Å². The van der Waals surface area contributed by atoms with Gasteiger partial charge in [-0.2, -0.15) is 0 Å². The van der Waals surface area contributed by atoms with Gasteiger partial charge in [0.15, 0.2) is 0 Å². The van der Waals surface area contributed by atoms with Crippen LogP contribution in [-0.4, -0.2) is 14.7 Å². The summed E-state index contributed by atoms with van der Waals surface area (Å²) in [6.07, 6.45) is 1.82. The monoisotopic (exact) mass is 328 g/mol. The van der Waals surface area contributed by atoms with Crippen molar-refractivity contribution in [2.24, 2.45) is 0 Å². The lowest BCUT2D eigenvalue weighted by molar-refractivity contribution is 0.475. The summed E-state index contributed by atoms with van der Waals surface area (Å²) in [5.74, 6) is 0.258. The van der Waals surface area contributed by atoms with Gasteiger partial charge in [0, 0.05) is 6.07 Å². The minimum atomic E-state index is 0.258. The summed E-state index contributed by atoms with van der Waals surface area (Å²) in [5.41, 5.74) is 8.67. The fourth-order valence-electron chi connectivity index (χ4n) is 3.48. The first-order chi connectivity index (χ1) is 12.0. The molecule has 0 aliphatic heterocycles. The first kappa shape index (κ1) is 15.5. The second-order valence-corrected chi connectivity index (χ2v) is 6.56. The van der Waals surface area contributed by atoms with Crippen molar-refractivity contribution < 1.29 is 5.11 Å². The van der Waals surface area contributed by atoms with Gasteiger partial charge >= 0.3 is 0 Å². The summed E-state index contributed by atoms with van der Waals surface area (Å²) in [6.45, 7) is 6.30. The van der Waals surface area contributed by atoms with Crippen LogP contribution in [0.15, 0.2) is 60.9 Å². The summed E-state index contributed by atoms with van der Waals surface area (Å²) in [7, 11) is 0. The second kappa shape index (κ2) is 5.78. The topological polar surface area (TPSA) is 38.0 Å². The number of phenolic OH excluding ortho intramolecular Hbond substituents is 1. The molecular weight excluding hydrogens is 308 g/mol. The van der Waals surface area contributed by atoms with Crippen molar-refractivity contribution in [1.29, 1.82) is 0 Å². The average Bonchev–Trinajstić information content (AvgIpc) is 3.01. The number of nitrogens with zero attached hydrogens (tertiary/aromatic N) is 2. The molecule has 25 heavy (non-hydrogen) atoms. The number of rotatable bonds is 2. The van der Waals surface area contributed by atoms with Crippen LogP contribution in [0, 0.1) is 20.8 Å². The highest BCUT2D eigenvalue weighted by Gasteiger charge is 2.14. The molecule has 0 radical (unpaired) electrons. The smallest absolute Gasteiger partial charge is 0.118 e. The number of phenols is 1. The van der Waals surface area contributed by atoms with Crippen LogP contribution in [0.1, 0.15) is 16.7 Å². The first-order valence-corrected chi connectivity index (χ1v) is 8.38. The molecule has 0 unspecified atom stereocenters. The van der Waals surface area contributed by atoms with E-state index in [0.717, 1.165) is 33.4 Å². The number of aromatic nitrogens is 2. The molecule has 0 atom stereocenters. The lowest BCUT2D eigenvalue weighted by Crippen LogP contribution is -1.98. The molecule has 0 spiro atoms. The van der Waals surface area contributed by atoms with E-state index >= 15 is 0 Å². The Hall–Kier alpha value is -3.07. The minimum absolute atomic E-state index is 0.258. The summed E-state index contributed by atoms with van der Waals surface area (Å²) in [5, 5.41) is 10.4. The Morgan fingerprint density at radius 3 is 2.48 bits per heavy atom. The van der Waals surface area contributed by atoms with E-state index in [0.29, 0.717) is 0 Å². The predicted molar refractivity (Wildman–Crippen MR) is 102 cm³/mol. The molecule has 124 valence electrons. The Kier molecular flexibility index (Phi) is 3.57. The highest BCUT2D eigenvalue weighted by Crippen LogP contribution is 2.35. The molecular formula is C22H20N2O. The van der Waals surface area contributed by atoms with Gasteiger partial charge < -0.3 is 5.11 Å². The van der Waals surface area contributed by atoms with E-state index in [2.05, 4.69) is 44.0 Å². The summed E-state index contributed by atoms with van der Waals surface area (Å²) in [4.78, 5) is 4.48. The number of aryl methyl sites for hydroxylation is 2. The minimum Gasteiger partial charge on any atom is -0.508 e. The molecule has 4 rings (SSSR count). The number of aromatic hydroxyl groups is 1. The molecule has 0 bridgehead atoms. The maximum atomic E-state index is 10.4. The molecule has 3 nitrogen and oxygen atoms in total. The number of fused-ring (bicyclic) bond motifs is 1. The SMILES string of the molecule is Cc1ccc(-c2cc(O)cc(-n3cnc4ccccc43)c2C)c(C)c1. The standard InChI is InChI=1S/C22H20N2O/c1-14-8-9-18(15(2)10-14)19-11-17(25)12-22(16(19)3)24-13-23-20-6-4-5-7-21(20)24/h4-13,25H,1-3H3. The Balaban J connectivity index is 1.98. The van der Waals surface area contributed by atoms with Gasteiger partial charge in [-0.05, 0) is 61.2 Å². The van der Waals surface area contributed by atoms with Crippen molar-refractivity contribution in [3.63, 3.8) is 0 Å². The molecule has 3 heteroatoms. The van der Waals surface area contributed by atoms with Crippen LogP contribution in [-0.2, 0) is 0 Å². The lowest BCUT2D eigenvalue weighted by atomic mass is 9.94. The van der Waals surface area contributed by atoms with E-state index in [1.165, 1.54) is 11.1 Å². The third-order valence-corrected chi connectivity index (χ3v) is 4.75. The van der Waals surface area contributed by atoms with Crippen LogP contribution in [0.25, 0.3) is 27.8 Å². The van der Waals surface area contributed by atoms with Crippen molar-refractivity contribution >= 4 is 11.0 Å². The number of imidazole rings is 1. The molecule has 1 N–H and O–H groups in total. The number of hydrogen-bond acceptors (Lipinski definition) is 2. The summed E-state index contributed by atoms with van der Waals surface area (Å²) in [6, 6.07) is 18.1. The van der Waals surface area contributed by atoms with Gasteiger partial charge in [0.05, 0.1) is 16.7 Å². The van der Waals surface area contributed by atoms with Crippen LogP contribution < -0.4 is 0 Å². The van der Waals surface area contributed by atoms with E-state index in [1.807, 2.05) is 41.2 Å². The molecule has 1 aromatic heterocycles.